The van der Waals surface area contributed by atoms with Gasteiger partial charge in [-0.25, -0.2) is 4.98 Å². The number of aromatic nitrogens is 2. The first-order valence-corrected chi connectivity index (χ1v) is 8.61. The summed E-state index contributed by atoms with van der Waals surface area (Å²) < 4.78 is 1.89. The molecule has 3 rings (SSSR count). The Hall–Kier alpha value is -1.88. The molecule has 5 heteroatoms. The molecule has 0 aromatic carbocycles. The predicted octanol–water partition coefficient (Wildman–Crippen LogP) is 2.56. The molecule has 1 aliphatic rings. The average Bonchev–Trinajstić information content (AvgIpc) is 3.13. The smallest absolute Gasteiger partial charge is 0.270 e. The van der Waals surface area contributed by atoms with Crippen molar-refractivity contribution in [2.45, 2.75) is 39.5 Å². The number of amides is 1. The third-order valence-electron chi connectivity index (χ3n) is 4.54. The van der Waals surface area contributed by atoms with Gasteiger partial charge in [0.15, 0.2) is 0 Å². The van der Waals surface area contributed by atoms with Gasteiger partial charge in [-0.1, -0.05) is 6.07 Å². The Balaban J connectivity index is 1.53. The van der Waals surface area contributed by atoms with Crippen molar-refractivity contribution in [1.29, 1.82) is 0 Å². The Morgan fingerprint density at radius 3 is 2.78 bits per heavy atom. The lowest BCUT2D eigenvalue weighted by atomic mass is 10.2. The van der Waals surface area contributed by atoms with Crippen LogP contribution in [0.3, 0.4) is 0 Å². The topological polar surface area (TPSA) is 49.6 Å². The molecule has 0 bridgehead atoms. The van der Waals surface area contributed by atoms with E-state index in [4.69, 9.17) is 0 Å². The van der Waals surface area contributed by atoms with Gasteiger partial charge in [0, 0.05) is 12.7 Å². The van der Waals surface area contributed by atoms with Crippen molar-refractivity contribution in [3.8, 4) is 0 Å². The first-order valence-electron chi connectivity index (χ1n) is 8.61. The number of likely N-dealkylation sites (tertiary alicyclic amines) is 1. The predicted molar refractivity (Wildman–Crippen MR) is 91.9 cm³/mol. The molecule has 1 fully saturated rings. The number of carbonyl (C=O) groups excluding carboxylic acids is 1. The zero-order chi connectivity index (χ0) is 16.2. The van der Waals surface area contributed by atoms with E-state index in [-0.39, 0.29) is 5.91 Å². The molecular weight excluding hydrogens is 288 g/mol. The van der Waals surface area contributed by atoms with Crippen LogP contribution >= 0.6 is 0 Å². The zero-order valence-corrected chi connectivity index (χ0v) is 14.1. The molecule has 23 heavy (non-hydrogen) atoms. The van der Waals surface area contributed by atoms with Gasteiger partial charge < -0.3 is 10.2 Å². The second-order valence-corrected chi connectivity index (χ2v) is 6.49. The summed E-state index contributed by atoms with van der Waals surface area (Å²) in [7, 11) is 0. The molecule has 5 nitrogen and oxygen atoms in total. The van der Waals surface area contributed by atoms with Gasteiger partial charge in [-0.05, 0) is 70.8 Å². The number of pyridine rings is 1. The van der Waals surface area contributed by atoms with Gasteiger partial charge in [0.05, 0.1) is 5.69 Å². The second-order valence-electron chi connectivity index (χ2n) is 6.49. The molecule has 2 aromatic rings. The molecular formula is C18H26N4O. The van der Waals surface area contributed by atoms with E-state index in [0.29, 0.717) is 5.69 Å². The fraction of sp³-hybridized carbons (Fsp3) is 0.556. The fourth-order valence-corrected chi connectivity index (χ4v) is 3.29. The van der Waals surface area contributed by atoms with Gasteiger partial charge in [-0.3, -0.25) is 9.20 Å². The minimum Gasteiger partial charge on any atom is -0.351 e. The molecule has 1 aliphatic heterocycles. The third-order valence-corrected chi connectivity index (χ3v) is 4.54. The molecule has 124 valence electrons. The van der Waals surface area contributed by atoms with Crippen LogP contribution in [-0.4, -0.2) is 46.4 Å². The molecule has 1 N–H and O–H groups in total. The Morgan fingerprint density at radius 1 is 1.22 bits per heavy atom. The van der Waals surface area contributed by atoms with Crippen molar-refractivity contribution in [2.75, 3.05) is 26.2 Å². The Kier molecular flexibility index (Phi) is 4.96. The van der Waals surface area contributed by atoms with Crippen molar-refractivity contribution in [1.82, 2.24) is 19.6 Å². The standard InChI is InChI=1S/C18H26N4O/c1-14-7-8-16-20-15(2)17(22(16)13-14)18(23)19-9-3-4-10-21-11-5-6-12-21/h7-8,13H,3-6,9-12H2,1-2H3,(H,19,23). The number of unbranched alkanes of at least 4 members (excludes halogenated alkanes) is 1. The normalized spacial score (nSPS) is 15.4. The number of nitrogens with one attached hydrogen (secondary N) is 1. The third kappa shape index (κ3) is 3.72. The number of hydrogen-bond acceptors (Lipinski definition) is 3. The summed E-state index contributed by atoms with van der Waals surface area (Å²) in [5, 5.41) is 3.04. The zero-order valence-electron chi connectivity index (χ0n) is 14.1. The SMILES string of the molecule is Cc1ccc2nc(C)c(C(=O)NCCCCN3CCCC3)n2c1. The second kappa shape index (κ2) is 7.13. The van der Waals surface area contributed by atoms with Crippen LogP contribution in [0.1, 0.15) is 47.4 Å². The molecule has 0 unspecified atom stereocenters. The highest BCUT2D eigenvalue weighted by molar-refractivity contribution is 5.94. The van der Waals surface area contributed by atoms with Gasteiger partial charge in [-0.2, -0.15) is 0 Å². The lowest BCUT2D eigenvalue weighted by Crippen LogP contribution is -2.27. The van der Waals surface area contributed by atoms with Crippen LogP contribution in [0.25, 0.3) is 5.65 Å². The molecule has 0 saturated carbocycles. The number of aryl methyl sites for hydroxylation is 2. The summed E-state index contributed by atoms with van der Waals surface area (Å²) in [6.07, 6.45) is 6.81. The fourth-order valence-electron chi connectivity index (χ4n) is 3.29. The largest absolute Gasteiger partial charge is 0.351 e. The number of hydrogen-bond donors (Lipinski definition) is 1. The van der Waals surface area contributed by atoms with E-state index < -0.39 is 0 Å². The van der Waals surface area contributed by atoms with Gasteiger partial charge in [0.25, 0.3) is 5.91 Å². The van der Waals surface area contributed by atoms with E-state index in [1.165, 1.54) is 25.9 Å². The molecule has 0 aliphatic carbocycles. The van der Waals surface area contributed by atoms with E-state index in [2.05, 4.69) is 15.2 Å². The maximum atomic E-state index is 12.5. The van der Waals surface area contributed by atoms with Gasteiger partial charge in [-0.15, -0.1) is 0 Å². The van der Waals surface area contributed by atoms with E-state index in [9.17, 15) is 4.79 Å². The average molecular weight is 314 g/mol. The van der Waals surface area contributed by atoms with Crippen LogP contribution < -0.4 is 5.32 Å². The Morgan fingerprint density at radius 2 is 2.00 bits per heavy atom. The summed E-state index contributed by atoms with van der Waals surface area (Å²) in [6, 6.07) is 3.97. The van der Waals surface area contributed by atoms with Crippen molar-refractivity contribution in [3.63, 3.8) is 0 Å². The van der Waals surface area contributed by atoms with Crippen LogP contribution in [0.4, 0.5) is 0 Å². The molecule has 1 saturated heterocycles. The monoisotopic (exact) mass is 314 g/mol. The van der Waals surface area contributed by atoms with E-state index in [0.717, 1.165) is 42.8 Å². The summed E-state index contributed by atoms with van der Waals surface area (Å²) in [6.45, 7) is 8.29. The minimum absolute atomic E-state index is 0.0261. The highest BCUT2D eigenvalue weighted by Crippen LogP contribution is 2.13. The van der Waals surface area contributed by atoms with Crippen LogP contribution in [0.2, 0.25) is 0 Å². The highest BCUT2D eigenvalue weighted by Gasteiger charge is 2.16. The number of imidazole rings is 1. The first kappa shape index (κ1) is 16.0. The quantitative estimate of drug-likeness (QED) is 0.834. The van der Waals surface area contributed by atoms with Gasteiger partial charge >= 0.3 is 0 Å². The Bertz CT molecular complexity index is 686. The Labute approximate surface area is 137 Å². The lowest BCUT2D eigenvalue weighted by Gasteiger charge is -2.14. The van der Waals surface area contributed by atoms with Gasteiger partial charge in [0.2, 0.25) is 0 Å². The van der Waals surface area contributed by atoms with Crippen LogP contribution in [0, 0.1) is 13.8 Å². The number of rotatable bonds is 6. The maximum Gasteiger partial charge on any atom is 0.270 e. The highest BCUT2D eigenvalue weighted by atomic mass is 16.1. The summed E-state index contributed by atoms with van der Waals surface area (Å²) in [5.74, 6) is -0.0261. The van der Waals surface area contributed by atoms with Crippen molar-refractivity contribution < 1.29 is 4.79 Å². The minimum atomic E-state index is -0.0261. The van der Waals surface area contributed by atoms with Crippen LogP contribution in [0.5, 0.6) is 0 Å². The molecule has 2 aromatic heterocycles. The van der Waals surface area contributed by atoms with Crippen molar-refractivity contribution in [3.05, 3.63) is 35.3 Å². The maximum absolute atomic E-state index is 12.5. The van der Waals surface area contributed by atoms with Gasteiger partial charge in [0.1, 0.15) is 11.3 Å². The van der Waals surface area contributed by atoms with E-state index >= 15 is 0 Å². The van der Waals surface area contributed by atoms with E-state index in [1.807, 2.05) is 36.6 Å². The summed E-state index contributed by atoms with van der Waals surface area (Å²) >= 11 is 0. The molecule has 0 radical (unpaired) electrons. The number of carbonyl (C=O) groups is 1. The molecule has 3 heterocycles. The van der Waals surface area contributed by atoms with Crippen molar-refractivity contribution in [2.24, 2.45) is 0 Å². The van der Waals surface area contributed by atoms with Crippen molar-refractivity contribution >= 4 is 11.6 Å². The lowest BCUT2D eigenvalue weighted by molar-refractivity contribution is 0.0946. The number of nitrogens with zero attached hydrogens (tertiary/aromatic N) is 3. The molecule has 1 amide bonds. The summed E-state index contributed by atoms with van der Waals surface area (Å²) in [5.41, 5.74) is 3.38. The molecule has 0 atom stereocenters. The van der Waals surface area contributed by atoms with Crippen LogP contribution in [0.15, 0.2) is 18.3 Å². The summed E-state index contributed by atoms with van der Waals surface area (Å²) in [4.78, 5) is 19.5. The first-order chi connectivity index (χ1) is 11.1. The van der Waals surface area contributed by atoms with E-state index in [1.54, 1.807) is 0 Å². The van der Waals surface area contributed by atoms with Crippen LogP contribution in [-0.2, 0) is 0 Å². The number of fused-ring (bicyclic) bond motifs is 1. The molecule has 0 spiro atoms.